The van der Waals surface area contributed by atoms with Gasteiger partial charge in [-0.1, -0.05) is 0 Å². The molecule has 0 aromatic carbocycles. The number of carboxylic acids is 1. The van der Waals surface area contributed by atoms with Gasteiger partial charge in [0.1, 0.15) is 5.69 Å². The highest BCUT2D eigenvalue weighted by Gasteiger charge is 2.34. The van der Waals surface area contributed by atoms with Crippen LogP contribution in [0.1, 0.15) is 45.2 Å². The third-order valence-electron chi connectivity index (χ3n) is 2.53. The third kappa shape index (κ3) is 1.60. The van der Waals surface area contributed by atoms with E-state index in [4.69, 9.17) is 5.11 Å². The smallest absolute Gasteiger partial charge is 0.354 e. The number of esters is 1. The van der Waals surface area contributed by atoms with Crippen molar-refractivity contribution in [1.29, 1.82) is 0 Å². The summed E-state index contributed by atoms with van der Waals surface area (Å²) in [6, 6.07) is 0. The van der Waals surface area contributed by atoms with Crippen LogP contribution in [0.5, 0.6) is 0 Å². The number of carbonyl (C=O) groups is 2. The molecule has 0 aliphatic heterocycles. The van der Waals surface area contributed by atoms with Crippen LogP contribution < -0.4 is 0 Å². The zero-order chi connectivity index (χ0) is 11.0. The molecule has 1 heterocycles. The number of hydrogen-bond acceptors (Lipinski definition) is 3. The summed E-state index contributed by atoms with van der Waals surface area (Å²) in [6.45, 7) is 0. The maximum Gasteiger partial charge on any atom is 0.354 e. The summed E-state index contributed by atoms with van der Waals surface area (Å²) in [5.41, 5.74) is 1.05. The van der Waals surface area contributed by atoms with Crippen LogP contribution in [0, 0.1) is 0 Å². The van der Waals surface area contributed by atoms with Crippen molar-refractivity contribution in [3.05, 3.63) is 23.0 Å². The summed E-state index contributed by atoms with van der Waals surface area (Å²) in [6.07, 6.45) is 3.21. The zero-order valence-corrected chi connectivity index (χ0v) is 8.24. The Morgan fingerprint density at radius 2 is 2.20 bits per heavy atom. The Bertz CT molecular complexity index is 417. The monoisotopic (exact) mass is 209 g/mol. The van der Waals surface area contributed by atoms with Crippen LogP contribution in [-0.2, 0) is 4.74 Å². The van der Waals surface area contributed by atoms with Crippen molar-refractivity contribution in [3.63, 3.8) is 0 Å². The van der Waals surface area contributed by atoms with E-state index in [-0.39, 0.29) is 17.2 Å². The number of hydrogen-bond donors (Lipinski definition) is 2. The normalized spacial score (nSPS) is 15.0. The molecular formula is C10H11NO4. The van der Waals surface area contributed by atoms with Gasteiger partial charge in [-0.25, -0.2) is 9.59 Å². The summed E-state index contributed by atoms with van der Waals surface area (Å²) in [4.78, 5) is 24.9. The van der Waals surface area contributed by atoms with E-state index < -0.39 is 11.9 Å². The lowest BCUT2D eigenvalue weighted by Gasteiger charge is -2.01. The summed E-state index contributed by atoms with van der Waals surface area (Å²) >= 11 is 0. The predicted octanol–water partition coefficient (Wildman–Crippen LogP) is 1.38. The molecule has 0 saturated heterocycles. The Morgan fingerprint density at radius 3 is 2.67 bits per heavy atom. The molecule has 1 aromatic heterocycles. The molecule has 0 atom stereocenters. The van der Waals surface area contributed by atoms with Gasteiger partial charge in [0.05, 0.1) is 12.7 Å². The molecule has 2 rings (SSSR count). The van der Waals surface area contributed by atoms with Gasteiger partial charge < -0.3 is 14.8 Å². The standard InChI is InChI=1S/C10H11NO4/c1-15-10(14)8-7(5-2-3-5)6(4-11-8)9(12)13/h4-5,11H,2-3H2,1H3,(H,12,13). The van der Waals surface area contributed by atoms with E-state index in [2.05, 4.69) is 9.72 Å². The summed E-state index contributed by atoms with van der Waals surface area (Å²) in [5.74, 6) is -1.33. The predicted molar refractivity (Wildman–Crippen MR) is 51.1 cm³/mol. The minimum atomic E-state index is -1.01. The van der Waals surface area contributed by atoms with Crippen LogP contribution >= 0.6 is 0 Å². The van der Waals surface area contributed by atoms with Gasteiger partial charge in [-0.05, 0) is 18.8 Å². The number of carbonyl (C=O) groups excluding carboxylic acids is 1. The fourth-order valence-corrected chi connectivity index (χ4v) is 1.68. The Hall–Kier alpha value is -1.78. The number of aromatic nitrogens is 1. The van der Waals surface area contributed by atoms with Gasteiger partial charge in [-0.2, -0.15) is 0 Å². The van der Waals surface area contributed by atoms with Crippen molar-refractivity contribution in [2.45, 2.75) is 18.8 Å². The van der Waals surface area contributed by atoms with E-state index in [0.717, 1.165) is 12.8 Å². The van der Waals surface area contributed by atoms with Gasteiger partial charge in [-0.15, -0.1) is 0 Å². The van der Waals surface area contributed by atoms with Gasteiger partial charge in [0.2, 0.25) is 0 Å². The molecule has 0 unspecified atom stereocenters. The van der Waals surface area contributed by atoms with Gasteiger partial charge in [0, 0.05) is 11.8 Å². The fourth-order valence-electron chi connectivity index (χ4n) is 1.68. The van der Waals surface area contributed by atoms with Gasteiger partial charge in [0.25, 0.3) is 0 Å². The fraction of sp³-hybridized carbons (Fsp3) is 0.400. The first-order valence-electron chi connectivity index (χ1n) is 4.68. The first-order valence-corrected chi connectivity index (χ1v) is 4.68. The van der Waals surface area contributed by atoms with E-state index in [1.54, 1.807) is 0 Å². The molecule has 80 valence electrons. The van der Waals surface area contributed by atoms with E-state index in [1.807, 2.05) is 0 Å². The van der Waals surface area contributed by atoms with Crippen LogP contribution in [0.25, 0.3) is 0 Å². The highest BCUT2D eigenvalue weighted by Crippen LogP contribution is 2.43. The summed E-state index contributed by atoms with van der Waals surface area (Å²) < 4.78 is 4.58. The van der Waals surface area contributed by atoms with Crippen LogP contribution in [0.3, 0.4) is 0 Å². The van der Waals surface area contributed by atoms with Crippen LogP contribution in [-0.4, -0.2) is 29.1 Å². The molecule has 0 amide bonds. The number of H-pyrrole nitrogens is 1. The van der Waals surface area contributed by atoms with Crippen molar-refractivity contribution in [2.75, 3.05) is 7.11 Å². The summed E-state index contributed by atoms with van der Waals surface area (Å²) in [7, 11) is 1.28. The quantitative estimate of drug-likeness (QED) is 0.737. The first-order chi connectivity index (χ1) is 7.15. The largest absolute Gasteiger partial charge is 0.478 e. The maximum absolute atomic E-state index is 11.4. The third-order valence-corrected chi connectivity index (χ3v) is 2.53. The molecule has 0 radical (unpaired) electrons. The van der Waals surface area contributed by atoms with Crippen molar-refractivity contribution >= 4 is 11.9 Å². The SMILES string of the molecule is COC(=O)c1[nH]cc(C(=O)O)c1C1CC1. The molecule has 1 saturated carbocycles. The van der Waals surface area contributed by atoms with Crippen molar-refractivity contribution in [1.82, 2.24) is 4.98 Å². The number of methoxy groups -OCH3 is 1. The minimum absolute atomic E-state index is 0.179. The second-order valence-corrected chi connectivity index (χ2v) is 3.56. The second-order valence-electron chi connectivity index (χ2n) is 3.56. The average Bonchev–Trinajstić information content (AvgIpc) is 2.95. The second kappa shape index (κ2) is 3.42. The Balaban J connectivity index is 2.46. The van der Waals surface area contributed by atoms with Crippen molar-refractivity contribution < 1.29 is 19.4 Å². The lowest BCUT2D eigenvalue weighted by atomic mass is 10.1. The molecule has 15 heavy (non-hydrogen) atoms. The lowest BCUT2D eigenvalue weighted by molar-refractivity contribution is 0.0593. The van der Waals surface area contributed by atoms with Gasteiger partial charge >= 0.3 is 11.9 Å². The highest BCUT2D eigenvalue weighted by molar-refractivity contribution is 5.97. The van der Waals surface area contributed by atoms with Gasteiger partial charge in [0.15, 0.2) is 0 Å². The van der Waals surface area contributed by atoms with Crippen LogP contribution in [0.15, 0.2) is 6.20 Å². The Kier molecular flexibility index (Phi) is 2.22. The van der Waals surface area contributed by atoms with Crippen LogP contribution in [0.4, 0.5) is 0 Å². The molecule has 1 fully saturated rings. The molecule has 1 aliphatic carbocycles. The average molecular weight is 209 g/mol. The topological polar surface area (TPSA) is 79.4 Å². The molecule has 0 spiro atoms. The Morgan fingerprint density at radius 1 is 1.53 bits per heavy atom. The number of carboxylic acid groups (broad SMARTS) is 1. The molecular weight excluding hydrogens is 198 g/mol. The molecule has 5 nitrogen and oxygen atoms in total. The zero-order valence-electron chi connectivity index (χ0n) is 8.24. The minimum Gasteiger partial charge on any atom is -0.478 e. The van der Waals surface area contributed by atoms with Crippen molar-refractivity contribution in [3.8, 4) is 0 Å². The van der Waals surface area contributed by atoms with E-state index in [0.29, 0.717) is 5.56 Å². The maximum atomic E-state index is 11.4. The highest BCUT2D eigenvalue weighted by atomic mass is 16.5. The number of aromatic carboxylic acids is 1. The van der Waals surface area contributed by atoms with E-state index in [1.165, 1.54) is 13.3 Å². The van der Waals surface area contributed by atoms with Crippen LogP contribution in [0.2, 0.25) is 0 Å². The molecule has 1 aliphatic rings. The van der Waals surface area contributed by atoms with E-state index in [9.17, 15) is 9.59 Å². The summed E-state index contributed by atoms with van der Waals surface area (Å²) in [5, 5.41) is 8.94. The Labute approximate surface area is 86.1 Å². The number of aromatic amines is 1. The molecule has 5 heteroatoms. The van der Waals surface area contributed by atoms with Crippen molar-refractivity contribution in [2.24, 2.45) is 0 Å². The number of ether oxygens (including phenoxy) is 1. The number of rotatable bonds is 3. The lowest BCUT2D eigenvalue weighted by Crippen LogP contribution is -2.06. The van der Waals surface area contributed by atoms with E-state index >= 15 is 0 Å². The molecule has 2 N–H and O–H groups in total. The number of nitrogens with one attached hydrogen (secondary N) is 1. The van der Waals surface area contributed by atoms with Gasteiger partial charge in [-0.3, -0.25) is 0 Å². The molecule has 1 aromatic rings. The first kappa shape index (κ1) is 9.76. The molecule has 0 bridgehead atoms.